The summed E-state index contributed by atoms with van der Waals surface area (Å²) >= 11 is 0. The predicted octanol–water partition coefficient (Wildman–Crippen LogP) is 5.07. The summed E-state index contributed by atoms with van der Waals surface area (Å²) in [7, 11) is 0. The molecule has 25 heavy (non-hydrogen) atoms. The average molecular weight is 352 g/mol. The van der Waals surface area contributed by atoms with E-state index in [0.29, 0.717) is 12.1 Å². The lowest BCUT2D eigenvalue weighted by atomic mass is 10.1. The van der Waals surface area contributed by atoms with E-state index < -0.39 is 23.6 Å². The van der Waals surface area contributed by atoms with Crippen molar-refractivity contribution in [2.24, 2.45) is 0 Å². The van der Waals surface area contributed by atoms with E-state index in [1.807, 2.05) is 6.92 Å². The third-order valence-electron chi connectivity index (χ3n) is 4.26. The molecule has 1 heterocycles. The number of nitrogens with zero attached hydrogens (tertiary/aromatic N) is 2. The zero-order valence-corrected chi connectivity index (χ0v) is 13.4. The number of halogens is 4. The molecule has 0 N–H and O–H groups in total. The Hall–Kier alpha value is -2.57. The largest absolute Gasteiger partial charge is 0.416 e. The number of amides is 2. The molecule has 2 aromatic rings. The lowest BCUT2D eigenvalue weighted by Crippen LogP contribution is -2.34. The summed E-state index contributed by atoms with van der Waals surface area (Å²) in [5.74, 6) is -0.418. The van der Waals surface area contributed by atoms with Crippen molar-refractivity contribution in [3.8, 4) is 0 Å². The van der Waals surface area contributed by atoms with Gasteiger partial charge < -0.3 is 0 Å². The highest BCUT2D eigenvalue weighted by molar-refractivity contribution is 6.06. The molecule has 0 bridgehead atoms. The van der Waals surface area contributed by atoms with E-state index in [4.69, 9.17) is 0 Å². The number of carbonyl (C=O) groups excluding carboxylic acids is 1. The monoisotopic (exact) mass is 352 g/mol. The molecule has 132 valence electrons. The summed E-state index contributed by atoms with van der Waals surface area (Å²) in [4.78, 5) is 15.6. The van der Waals surface area contributed by atoms with Gasteiger partial charge in [-0.2, -0.15) is 13.2 Å². The number of rotatable bonds is 3. The number of hydrogen-bond donors (Lipinski definition) is 0. The van der Waals surface area contributed by atoms with Crippen LogP contribution in [0.15, 0.2) is 48.5 Å². The van der Waals surface area contributed by atoms with Crippen molar-refractivity contribution in [1.82, 2.24) is 0 Å². The Balaban J connectivity index is 1.94. The number of alkyl halides is 3. The van der Waals surface area contributed by atoms with Gasteiger partial charge in [0.1, 0.15) is 5.82 Å². The summed E-state index contributed by atoms with van der Waals surface area (Å²) < 4.78 is 51.9. The molecule has 1 atom stereocenters. The fourth-order valence-corrected chi connectivity index (χ4v) is 2.96. The Bertz CT molecular complexity index is 773. The molecular formula is C18H16F4N2O. The van der Waals surface area contributed by atoms with E-state index in [2.05, 4.69) is 0 Å². The van der Waals surface area contributed by atoms with E-state index in [1.54, 1.807) is 0 Å². The fraction of sp³-hybridized carbons (Fsp3) is 0.278. The molecule has 0 aliphatic carbocycles. The van der Waals surface area contributed by atoms with Crippen LogP contribution in [0.1, 0.15) is 18.9 Å². The minimum atomic E-state index is -4.47. The molecule has 1 aliphatic rings. The Morgan fingerprint density at radius 2 is 1.76 bits per heavy atom. The predicted molar refractivity (Wildman–Crippen MR) is 87.1 cm³/mol. The van der Waals surface area contributed by atoms with Gasteiger partial charge in [-0.3, -0.25) is 9.80 Å². The number of benzene rings is 2. The highest BCUT2D eigenvalue weighted by Gasteiger charge is 2.39. The average Bonchev–Trinajstić information content (AvgIpc) is 2.92. The molecular weight excluding hydrogens is 336 g/mol. The van der Waals surface area contributed by atoms with Gasteiger partial charge in [-0.1, -0.05) is 13.0 Å². The summed E-state index contributed by atoms with van der Waals surface area (Å²) in [5, 5.41) is 0. The molecule has 7 heteroatoms. The summed E-state index contributed by atoms with van der Waals surface area (Å²) in [5.41, 5.74) is -0.0818. The zero-order chi connectivity index (χ0) is 18.2. The van der Waals surface area contributed by atoms with Crippen molar-refractivity contribution in [2.75, 3.05) is 16.3 Å². The van der Waals surface area contributed by atoms with Gasteiger partial charge >= 0.3 is 12.2 Å². The Labute approximate surface area is 142 Å². The van der Waals surface area contributed by atoms with Gasteiger partial charge in [-0.15, -0.1) is 0 Å². The maximum atomic E-state index is 13.1. The first-order valence-electron chi connectivity index (χ1n) is 7.85. The van der Waals surface area contributed by atoms with E-state index >= 15 is 0 Å². The molecule has 1 unspecified atom stereocenters. The van der Waals surface area contributed by atoms with Gasteiger partial charge in [0.15, 0.2) is 0 Å². The minimum absolute atomic E-state index is 0.197. The number of anilines is 2. The highest BCUT2D eigenvalue weighted by Crippen LogP contribution is 2.34. The van der Waals surface area contributed by atoms with Gasteiger partial charge in [-0.05, 0) is 48.9 Å². The highest BCUT2D eigenvalue weighted by atomic mass is 19.4. The molecule has 3 rings (SSSR count). The molecule has 1 aliphatic heterocycles. The minimum Gasteiger partial charge on any atom is -0.292 e. The second-order valence-corrected chi connectivity index (χ2v) is 5.85. The van der Waals surface area contributed by atoms with Crippen LogP contribution in [0.4, 0.5) is 33.7 Å². The molecule has 3 nitrogen and oxygen atoms in total. The van der Waals surface area contributed by atoms with Crippen molar-refractivity contribution in [3.63, 3.8) is 0 Å². The van der Waals surface area contributed by atoms with Crippen molar-refractivity contribution >= 4 is 17.4 Å². The van der Waals surface area contributed by atoms with Crippen LogP contribution in [0.3, 0.4) is 0 Å². The molecule has 2 amide bonds. The van der Waals surface area contributed by atoms with Crippen LogP contribution in [-0.4, -0.2) is 18.6 Å². The molecule has 0 saturated carbocycles. The van der Waals surface area contributed by atoms with Gasteiger partial charge in [-0.25, -0.2) is 9.18 Å². The van der Waals surface area contributed by atoms with Gasteiger partial charge in [0.25, 0.3) is 0 Å². The van der Waals surface area contributed by atoms with Crippen molar-refractivity contribution in [1.29, 1.82) is 0 Å². The standard InChI is InChI=1S/C18H16F4N2O/c1-2-14-11-23(16-5-3-4-12(10-16)18(20,21)22)17(25)24(14)15-8-6-13(19)7-9-15/h3-10,14H,2,11H2,1H3. The van der Waals surface area contributed by atoms with Crippen molar-refractivity contribution in [3.05, 3.63) is 59.9 Å². The SMILES string of the molecule is CCC1CN(c2cccc(C(F)(F)F)c2)C(=O)N1c1ccc(F)cc1. The first kappa shape index (κ1) is 17.3. The topological polar surface area (TPSA) is 23.6 Å². The lowest BCUT2D eigenvalue weighted by molar-refractivity contribution is -0.137. The molecule has 1 saturated heterocycles. The van der Waals surface area contributed by atoms with Crippen LogP contribution >= 0.6 is 0 Å². The Morgan fingerprint density at radius 1 is 1.08 bits per heavy atom. The van der Waals surface area contributed by atoms with Crippen LogP contribution in [0.2, 0.25) is 0 Å². The molecule has 0 radical (unpaired) electrons. The molecule has 0 aromatic heterocycles. The quantitative estimate of drug-likeness (QED) is 0.708. The van der Waals surface area contributed by atoms with E-state index in [1.165, 1.54) is 46.2 Å². The summed E-state index contributed by atoms with van der Waals surface area (Å²) in [6.45, 7) is 2.16. The van der Waals surface area contributed by atoms with Crippen molar-refractivity contribution in [2.45, 2.75) is 25.6 Å². The van der Waals surface area contributed by atoms with Gasteiger partial charge in [0.2, 0.25) is 0 Å². The maximum absolute atomic E-state index is 13.1. The van der Waals surface area contributed by atoms with E-state index in [0.717, 1.165) is 12.1 Å². The maximum Gasteiger partial charge on any atom is 0.416 e. The smallest absolute Gasteiger partial charge is 0.292 e. The third kappa shape index (κ3) is 3.31. The van der Waals surface area contributed by atoms with E-state index in [-0.39, 0.29) is 18.3 Å². The van der Waals surface area contributed by atoms with Crippen LogP contribution in [0.25, 0.3) is 0 Å². The molecule has 1 fully saturated rings. The van der Waals surface area contributed by atoms with Gasteiger partial charge in [0, 0.05) is 17.9 Å². The molecule has 2 aromatic carbocycles. The number of urea groups is 1. The van der Waals surface area contributed by atoms with Crippen LogP contribution in [0.5, 0.6) is 0 Å². The first-order chi connectivity index (χ1) is 11.8. The van der Waals surface area contributed by atoms with Crippen LogP contribution in [-0.2, 0) is 6.18 Å². The van der Waals surface area contributed by atoms with E-state index in [9.17, 15) is 22.4 Å². The summed E-state index contributed by atoms with van der Waals surface area (Å²) in [6, 6.07) is 9.57. The lowest BCUT2D eigenvalue weighted by Gasteiger charge is -2.22. The zero-order valence-electron chi connectivity index (χ0n) is 13.4. The van der Waals surface area contributed by atoms with Crippen LogP contribution in [0, 0.1) is 5.82 Å². The second-order valence-electron chi connectivity index (χ2n) is 5.85. The second kappa shape index (κ2) is 6.38. The normalized spacial score (nSPS) is 18.1. The number of hydrogen-bond acceptors (Lipinski definition) is 1. The molecule has 0 spiro atoms. The van der Waals surface area contributed by atoms with Crippen LogP contribution < -0.4 is 9.80 Å². The first-order valence-corrected chi connectivity index (χ1v) is 7.85. The number of carbonyl (C=O) groups is 1. The van der Waals surface area contributed by atoms with Gasteiger partial charge in [0.05, 0.1) is 11.6 Å². The summed E-state index contributed by atoms with van der Waals surface area (Å²) in [6.07, 6.45) is -3.85. The Morgan fingerprint density at radius 3 is 2.36 bits per heavy atom. The Kier molecular flexibility index (Phi) is 4.41. The third-order valence-corrected chi connectivity index (χ3v) is 4.26. The van der Waals surface area contributed by atoms with Crippen molar-refractivity contribution < 1.29 is 22.4 Å². The fourth-order valence-electron chi connectivity index (χ4n) is 2.96.